The quantitative estimate of drug-likeness (QED) is 0.425. The van der Waals surface area contributed by atoms with E-state index >= 15 is 0 Å². The van der Waals surface area contributed by atoms with Gasteiger partial charge in [0, 0.05) is 11.6 Å². The molecular formula is C23H20ClN3O5. The number of aryl methyl sites for hydroxylation is 1. The lowest BCUT2D eigenvalue weighted by Crippen LogP contribution is -2.18. The van der Waals surface area contributed by atoms with Crippen LogP contribution in [0, 0.1) is 6.92 Å². The van der Waals surface area contributed by atoms with E-state index in [1.807, 2.05) is 0 Å². The average molecular weight is 454 g/mol. The number of carbonyl (C=O) groups is 1. The lowest BCUT2D eigenvalue weighted by Gasteiger charge is -2.16. The van der Waals surface area contributed by atoms with Crippen molar-refractivity contribution in [1.82, 2.24) is 10.1 Å². The number of anilines is 1. The first-order valence-corrected chi connectivity index (χ1v) is 10.6. The van der Waals surface area contributed by atoms with Crippen LogP contribution >= 0.6 is 11.6 Å². The molecule has 4 heterocycles. The van der Waals surface area contributed by atoms with Crippen molar-refractivity contribution in [1.29, 1.82) is 0 Å². The highest BCUT2D eigenvalue weighted by molar-refractivity contribution is 6.31. The average Bonchev–Trinajstić information content (AvgIpc) is 3.55. The van der Waals surface area contributed by atoms with Crippen molar-refractivity contribution in [3.63, 3.8) is 0 Å². The fourth-order valence-electron chi connectivity index (χ4n) is 3.70. The van der Waals surface area contributed by atoms with Gasteiger partial charge in [-0.15, -0.1) is 0 Å². The van der Waals surface area contributed by atoms with Crippen LogP contribution in [0.3, 0.4) is 0 Å². The van der Waals surface area contributed by atoms with Crippen molar-refractivity contribution in [2.75, 3.05) is 18.5 Å². The number of rotatable bonds is 6. The summed E-state index contributed by atoms with van der Waals surface area (Å²) in [5.74, 6) is 0.649. The molecule has 0 spiro atoms. The highest BCUT2D eigenvalue weighted by Crippen LogP contribution is 2.32. The molecule has 1 N–H and O–H groups in total. The minimum Gasteiger partial charge on any atom is -0.489 e. The number of halogens is 1. The molecule has 0 aliphatic carbocycles. The predicted octanol–water partition coefficient (Wildman–Crippen LogP) is 5.25. The van der Waals surface area contributed by atoms with Gasteiger partial charge in [-0.1, -0.05) is 16.8 Å². The Kier molecular flexibility index (Phi) is 5.55. The molecule has 1 aliphatic heterocycles. The fraction of sp³-hybridized carbons (Fsp3) is 0.261. The highest BCUT2D eigenvalue weighted by atomic mass is 35.5. The lowest BCUT2D eigenvalue weighted by molar-refractivity contribution is 0.0682. The lowest BCUT2D eigenvalue weighted by atomic mass is 10.1. The third kappa shape index (κ3) is 4.06. The Balaban J connectivity index is 1.47. The number of hydrogen-bond donors (Lipinski definition) is 1. The molecule has 164 valence electrons. The number of carbonyl (C=O) groups excluding carboxylic acids is 1. The first-order valence-electron chi connectivity index (χ1n) is 10.2. The maximum atomic E-state index is 13.4. The number of benzene rings is 1. The number of fused-ring (bicyclic) bond motifs is 1. The molecular weight excluding hydrogens is 434 g/mol. The smallest absolute Gasteiger partial charge is 0.259 e. The van der Waals surface area contributed by atoms with Gasteiger partial charge in [0.15, 0.2) is 5.76 Å². The van der Waals surface area contributed by atoms with Gasteiger partial charge in [0.1, 0.15) is 18.1 Å². The van der Waals surface area contributed by atoms with Crippen LogP contribution in [0.25, 0.3) is 22.6 Å². The fourth-order valence-corrected chi connectivity index (χ4v) is 3.87. The maximum absolute atomic E-state index is 13.4. The van der Waals surface area contributed by atoms with Crippen molar-refractivity contribution in [3.8, 4) is 17.2 Å². The van der Waals surface area contributed by atoms with Gasteiger partial charge >= 0.3 is 0 Å². The molecule has 8 nitrogen and oxygen atoms in total. The topological polar surface area (TPSA) is 99.6 Å². The maximum Gasteiger partial charge on any atom is 0.259 e. The summed E-state index contributed by atoms with van der Waals surface area (Å²) >= 11 is 6.19. The Hall–Kier alpha value is -3.36. The number of furan rings is 1. The summed E-state index contributed by atoms with van der Waals surface area (Å²) in [6.07, 6.45) is 3.56. The number of amides is 1. The van der Waals surface area contributed by atoms with Crippen LogP contribution in [0.4, 0.5) is 5.69 Å². The van der Waals surface area contributed by atoms with Gasteiger partial charge in [-0.05, 0) is 56.2 Å². The number of nitrogens with zero attached hydrogens (tertiary/aromatic N) is 2. The second-order valence-corrected chi connectivity index (χ2v) is 7.96. The van der Waals surface area contributed by atoms with E-state index in [0.29, 0.717) is 51.2 Å². The van der Waals surface area contributed by atoms with Gasteiger partial charge in [0.25, 0.3) is 11.6 Å². The summed E-state index contributed by atoms with van der Waals surface area (Å²) in [7, 11) is 0. The van der Waals surface area contributed by atoms with Crippen LogP contribution in [0.1, 0.15) is 28.9 Å². The standard InChI is InChI=1S/C23H20ClN3O5/c1-13-21-16(11-18(19-5-3-9-30-19)26-23(21)32-27-13)22(28)25-17-10-14(24)6-7-20(17)31-12-15-4-2-8-29-15/h3,5-7,9-11,15H,2,4,8,12H2,1H3,(H,25,28). The molecule has 4 aromatic rings. The number of nitrogens with one attached hydrogen (secondary N) is 1. The minimum absolute atomic E-state index is 0.0459. The normalized spacial score (nSPS) is 15.9. The zero-order valence-electron chi connectivity index (χ0n) is 17.3. The number of pyridine rings is 1. The number of ether oxygens (including phenoxy) is 2. The largest absolute Gasteiger partial charge is 0.489 e. The molecule has 1 amide bonds. The van der Waals surface area contributed by atoms with E-state index in [0.717, 1.165) is 19.4 Å². The zero-order chi connectivity index (χ0) is 22.1. The summed E-state index contributed by atoms with van der Waals surface area (Å²) < 4.78 is 22.3. The molecule has 1 saturated heterocycles. The van der Waals surface area contributed by atoms with E-state index in [2.05, 4.69) is 15.5 Å². The van der Waals surface area contributed by atoms with Gasteiger partial charge in [0.05, 0.1) is 34.7 Å². The zero-order valence-corrected chi connectivity index (χ0v) is 18.0. The van der Waals surface area contributed by atoms with Crippen molar-refractivity contribution in [2.24, 2.45) is 0 Å². The van der Waals surface area contributed by atoms with E-state index in [9.17, 15) is 4.79 Å². The monoisotopic (exact) mass is 453 g/mol. The molecule has 1 fully saturated rings. The van der Waals surface area contributed by atoms with E-state index in [4.69, 9.17) is 30.0 Å². The third-order valence-electron chi connectivity index (χ3n) is 5.27. The van der Waals surface area contributed by atoms with Crippen LogP contribution in [0.2, 0.25) is 5.02 Å². The molecule has 9 heteroatoms. The second kappa shape index (κ2) is 8.64. The third-order valence-corrected chi connectivity index (χ3v) is 5.51. The van der Waals surface area contributed by atoms with Crippen molar-refractivity contribution in [3.05, 3.63) is 58.9 Å². The van der Waals surface area contributed by atoms with Crippen LogP contribution in [-0.4, -0.2) is 35.4 Å². The van der Waals surface area contributed by atoms with E-state index < -0.39 is 0 Å². The summed E-state index contributed by atoms with van der Waals surface area (Å²) in [5.41, 5.74) is 2.08. The number of aromatic nitrogens is 2. The SMILES string of the molecule is Cc1noc2nc(-c3ccco3)cc(C(=O)Nc3cc(Cl)ccc3OCC3CCCO3)c12. The summed E-state index contributed by atoms with van der Waals surface area (Å²) in [6.45, 7) is 2.90. The Morgan fingerprint density at radius 2 is 2.22 bits per heavy atom. The van der Waals surface area contributed by atoms with E-state index in [-0.39, 0.29) is 17.7 Å². The van der Waals surface area contributed by atoms with Gasteiger partial charge in [0.2, 0.25) is 0 Å². The molecule has 1 atom stereocenters. The molecule has 3 aromatic heterocycles. The van der Waals surface area contributed by atoms with Crippen molar-refractivity contribution >= 4 is 34.3 Å². The van der Waals surface area contributed by atoms with Gasteiger partial charge in [-0.25, -0.2) is 4.98 Å². The molecule has 0 saturated carbocycles. The molecule has 0 radical (unpaired) electrons. The van der Waals surface area contributed by atoms with Gasteiger partial charge in [-0.2, -0.15) is 0 Å². The Bertz CT molecular complexity index is 1260. The molecule has 1 unspecified atom stereocenters. The first kappa shape index (κ1) is 20.5. The van der Waals surface area contributed by atoms with E-state index in [1.165, 1.54) is 6.26 Å². The van der Waals surface area contributed by atoms with E-state index in [1.54, 1.807) is 43.3 Å². The molecule has 0 bridgehead atoms. The van der Waals surface area contributed by atoms with Crippen LogP contribution in [0.5, 0.6) is 5.75 Å². The molecule has 1 aromatic carbocycles. The predicted molar refractivity (Wildman–Crippen MR) is 118 cm³/mol. The van der Waals surface area contributed by atoms with Gasteiger partial charge in [-0.3, -0.25) is 4.79 Å². The van der Waals surface area contributed by atoms with Crippen LogP contribution < -0.4 is 10.1 Å². The highest BCUT2D eigenvalue weighted by Gasteiger charge is 2.22. The Labute approximate surface area is 188 Å². The second-order valence-electron chi connectivity index (χ2n) is 7.52. The molecule has 1 aliphatic rings. The summed E-state index contributed by atoms with van der Waals surface area (Å²) in [6, 6.07) is 10.2. The van der Waals surface area contributed by atoms with Crippen molar-refractivity contribution in [2.45, 2.75) is 25.9 Å². The van der Waals surface area contributed by atoms with Gasteiger partial charge < -0.3 is 23.7 Å². The first-order chi connectivity index (χ1) is 15.6. The van der Waals surface area contributed by atoms with Crippen LogP contribution in [-0.2, 0) is 4.74 Å². The number of hydrogen-bond acceptors (Lipinski definition) is 7. The summed E-state index contributed by atoms with van der Waals surface area (Å²) in [5, 5.41) is 7.88. The Morgan fingerprint density at radius 3 is 3.00 bits per heavy atom. The minimum atomic E-state index is -0.374. The summed E-state index contributed by atoms with van der Waals surface area (Å²) in [4.78, 5) is 17.8. The Morgan fingerprint density at radius 1 is 1.31 bits per heavy atom. The van der Waals surface area contributed by atoms with Crippen LogP contribution in [0.15, 0.2) is 51.6 Å². The van der Waals surface area contributed by atoms with Crippen molar-refractivity contribution < 1.29 is 23.2 Å². The molecule has 5 rings (SSSR count). The molecule has 32 heavy (non-hydrogen) atoms.